The highest BCUT2D eigenvalue weighted by molar-refractivity contribution is 6.32. The molecule has 0 aromatic heterocycles. The van der Waals surface area contributed by atoms with Crippen LogP contribution in [0.4, 0.5) is 0 Å². The molecule has 112 valence electrons. The second-order valence-electron chi connectivity index (χ2n) is 5.89. The molecule has 0 heterocycles. The van der Waals surface area contributed by atoms with Crippen LogP contribution in [-0.4, -0.2) is 5.54 Å². The van der Waals surface area contributed by atoms with Gasteiger partial charge in [0.25, 0.3) is 0 Å². The Morgan fingerprint density at radius 1 is 1.00 bits per heavy atom. The molecule has 21 heavy (non-hydrogen) atoms. The van der Waals surface area contributed by atoms with Crippen molar-refractivity contribution < 1.29 is 4.74 Å². The first-order valence-electron chi connectivity index (χ1n) is 6.81. The van der Waals surface area contributed by atoms with Crippen molar-refractivity contribution in [3.8, 4) is 11.5 Å². The number of rotatable bonds is 4. The second kappa shape index (κ2) is 6.69. The fourth-order valence-electron chi connectivity index (χ4n) is 1.79. The van der Waals surface area contributed by atoms with Crippen LogP contribution in [0.2, 0.25) is 10.0 Å². The topological polar surface area (TPSA) is 21.3 Å². The maximum atomic E-state index is 6.28. The number of halogens is 2. The molecule has 1 N–H and O–H groups in total. The number of hydrogen-bond donors (Lipinski definition) is 1. The Labute approximate surface area is 136 Å². The number of para-hydroxylation sites is 1. The van der Waals surface area contributed by atoms with E-state index >= 15 is 0 Å². The Bertz CT molecular complexity index is 603. The smallest absolute Gasteiger partial charge is 0.150 e. The van der Waals surface area contributed by atoms with Gasteiger partial charge in [-0.2, -0.15) is 0 Å². The Balaban J connectivity index is 2.23. The molecule has 0 spiro atoms. The molecule has 2 nitrogen and oxygen atoms in total. The predicted octanol–water partition coefficient (Wildman–Crippen LogP) is 5.67. The molecular weight excluding hydrogens is 305 g/mol. The molecule has 2 aromatic carbocycles. The van der Waals surface area contributed by atoms with E-state index in [2.05, 4.69) is 26.1 Å². The summed E-state index contributed by atoms with van der Waals surface area (Å²) in [6.45, 7) is 7.05. The van der Waals surface area contributed by atoms with E-state index in [1.54, 1.807) is 12.1 Å². The van der Waals surface area contributed by atoms with Crippen LogP contribution in [-0.2, 0) is 6.54 Å². The average molecular weight is 324 g/mol. The number of hydrogen-bond acceptors (Lipinski definition) is 2. The molecule has 0 bridgehead atoms. The van der Waals surface area contributed by atoms with E-state index in [1.807, 2.05) is 30.3 Å². The van der Waals surface area contributed by atoms with Gasteiger partial charge in [0.15, 0.2) is 0 Å². The molecule has 0 saturated heterocycles. The quantitative estimate of drug-likeness (QED) is 0.782. The van der Waals surface area contributed by atoms with Crippen molar-refractivity contribution in [1.82, 2.24) is 5.32 Å². The Morgan fingerprint density at radius 3 is 2.29 bits per heavy atom. The van der Waals surface area contributed by atoms with Crippen molar-refractivity contribution >= 4 is 23.2 Å². The van der Waals surface area contributed by atoms with Gasteiger partial charge in [-0.3, -0.25) is 0 Å². The van der Waals surface area contributed by atoms with Crippen molar-refractivity contribution in [2.24, 2.45) is 0 Å². The molecule has 4 heteroatoms. The first-order valence-corrected chi connectivity index (χ1v) is 7.56. The summed E-state index contributed by atoms with van der Waals surface area (Å²) in [6, 6.07) is 13.0. The van der Waals surface area contributed by atoms with Crippen molar-refractivity contribution in [3.63, 3.8) is 0 Å². The summed E-state index contributed by atoms with van der Waals surface area (Å²) in [5.74, 6) is 1.39. The SMILES string of the molecule is CC(C)(C)NCc1cccc(Cl)c1Oc1ccc(Cl)cc1. The first-order chi connectivity index (χ1) is 9.85. The van der Waals surface area contributed by atoms with E-state index in [4.69, 9.17) is 27.9 Å². The van der Waals surface area contributed by atoms with Crippen LogP contribution in [0.15, 0.2) is 42.5 Å². The first kappa shape index (κ1) is 16.2. The monoisotopic (exact) mass is 323 g/mol. The summed E-state index contributed by atoms with van der Waals surface area (Å²) in [6.07, 6.45) is 0. The van der Waals surface area contributed by atoms with Crippen molar-refractivity contribution in [3.05, 3.63) is 58.1 Å². The van der Waals surface area contributed by atoms with Gasteiger partial charge in [-0.25, -0.2) is 0 Å². The lowest BCUT2D eigenvalue weighted by molar-refractivity contribution is 0.414. The van der Waals surface area contributed by atoms with Gasteiger partial charge in [0.1, 0.15) is 11.5 Å². The lowest BCUT2D eigenvalue weighted by atomic mass is 10.1. The molecule has 2 rings (SSSR count). The van der Waals surface area contributed by atoms with E-state index in [0.29, 0.717) is 28.1 Å². The number of ether oxygens (including phenoxy) is 1. The Hall–Kier alpha value is -1.22. The summed E-state index contributed by atoms with van der Waals surface area (Å²) in [4.78, 5) is 0. The molecule has 0 amide bonds. The van der Waals surface area contributed by atoms with E-state index in [9.17, 15) is 0 Å². The molecular formula is C17H19Cl2NO. The van der Waals surface area contributed by atoms with Crippen LogP contribution >= 0.6 is 23.2 Å². The van der Waals surface area contributed by atoms with Gasteiger partial charge in [-0.1, -0.05) is 35.3 Å². The maximum Gasteiger partial charge on any atom is 0.150 e. The number of nitrogens with one attached hydrogen (secondary N) is 1. The molecule has 2 aromatic rings. The zero-order valence-corrected chi connectivity index (χ0v) is 13.9. The van der Waals surface area contributed by atoms with Gasteiger partial charge in [-0.15, -0.1) is 0 Å². The minimum Gasteiger partial charge on any atom is -0.455 e. The van der Waals surface area contributed by atoms with E-state index in [1.165, 1.54) is 0 Å². The van der Waals surface area contributed by atoms with Crippen LogP contribution in [0.5, 0.6) is 11.5 Å². The zero-order chi connectivity index (χ0) is 15.5. The summed E-state index contributed by atoms with van der Waals surface area (Å²) in [5, 5.41) is 4.71. The molecule has 0 aliphatic carbocycles. The maximum absolute atomic E-state index is 6.28. The van der Waals surface area contributed by atoms with Gasteiger partial charge < -0.3 is 10.1 Å². The summed E-state index contributed by atoms with van der Waals surface area (Å²) < 4.78 is 5.93. The summed E-state index contributed by atoms with van der Waals surface area (Å²) >= 11 is 12.2. The lowest BCUT2D eigenvalue weighted by Gasteiger charge is -2.22. The van der Waals surface area contributed by atoms with Crippen LogP contribution in [0.25, 0.3) is 0 Å². The zero-order valence-electron chi connectivity index (χ0n) is 12.4. The lowest BCUT2D eigenvalue weighted by Crippen LogP contribution is -2.35. The van der Waals surface area contributed by atoms with Crippen molar-refractivity contribution in [2.75, 3.05) is 0 Å². The minimum atomic E-state index is 0.0276. The van der Waals surface area contributed by atoms with Gasteiger partial charge in [0.2, 0.25) is 0 Å². The van der Waals surface area contributed by atoms with Gasteiger partial charge in [0.05, 0.1) is 5.02 Å². The number of benzene rings is 2. The van der Waals surface area contributed by atoms with Gasteiger partial charge >= 0.3 is 0 Å². The van der Waals surface area contributed by atoms with Crippen LogP contribution < -0.4 is 10.1 Å². The van der Waals surface area contributed by atoms with Gasteiger partial charge in [0, 0.05) is 22.7 Å². The predicted molar refractivity (Wildman–Crippen MR) is 89.6 cm³/mol. The van der Waals surface area contributed by atoms with Crippen LogP contribution in [0, 0.1) is 0 Å². The third-order valence-electron chi connectivity index (χ3n) is 2.89. The highest BCUT2D eigenvalue weighted by atomic mass is 35.5. The van der Waals surface area contributed by atoms with Crippen LogP contribution in [0.3, 0.4) is 0 Å². The molecule has 0 atom stereocenters. The van der Waals surface area contributed by atoms with Crippen LogP contribution in [0.1, 0.15) is 26.3 Å². The highest BCUT2D eigenvalue weighted by Gasteiger charge is 2.13. The molecule has 0 radical (unpaired) electrons. The normalized spacial score (nSPS) is 11.5. The summed E-state index contributed by atoms with van der Waals surface area (Å²) in [7, 11) is 0. The molecule has 0 aliphatic rings. The Kier molecular flexibility index (Phi) is 5.15. The fourth-order valence-corrected chi connectivity index (χ4v) is 2.15. The standard InChI is InChI=1S/C17H19Cl2NO/c1-17(2,3)20-11-12-5-4-6-15(19)16(12)21-14-9-7-13(18)8-10-14/h4-10,20H,11H2,1-3H3. The van der Waals surface area contributed by atoms with Crippen molar-refractivity contribution in [1.29, 1.82) is 0 Å². The summed E-state index contributed by atoms with van der Waals surface area (Å²) in [5.41, 5.74) is 1.05. The third-order valence-corrected chi connectivity index (χ3v) is 3.44. The largest absolute Gasteiger partial charge is 0.455 e. The minimum absolute atomic E-state index is 0.0276. The highest BCUT2D eigenvalue weighted by Crippen LogP contribution is 2.33. The third kappa shape index (κ3) is 4.92. The van der Waals surface area contributed by atoms with E-state index < -0.39 is 0 Å². The second-order valence-corrected chi connectivity index (χ2v) is 6.73. The molecule has 0 unspecified atom stereocenters. The molecule has 0 aliphatic heterocycles. The Morgan fingerprint density at radius 2 is 1.67 bits per heavy atom. The molecule has 0 fully saturated rings. The van der Waals surface area contributed by atoms with Gasteiger partial charge in [-0.05, 0) is 51.1 Å². The fraction of sp³-hybridized carbons (Fsp3) is 0.294. The van der Waals surface area contributed by atoms with E-state index in [-0.39, 0.29) is 5.54 Å². The van der Waals surface area contributed by atoms with Crippen molar-refractivity contribution in [2.45, 2.75) is 32.9 Å². The van der Waals surface area contributed by atoms with E-state index in [0.717, 1.165) is 5.56 Å². The average Bonchev–Trinajstić information content (AvgIpc) is 2.41. The molecule has 0 saturated carbocycles.